The number of alkyl halides is 3. The number of hydrogen-bond acceptors (Lipinski definition) is 4. The molecule has 0 bridgehead atoms. The Kier molecular flexibility index (Phi) is 5.28. The van der Waals surface area contributed by atoms with Gasteiger partial charge in [0.05, 0.1) is 11.4 Å². The lowest BCUT2D eigenvalue weighted by atomic mass is 9.95. The number of benzene rings is 1. The Labute approximate surface area is 164 Å². The molecule has 1 fully saturated rings. The van der Waals surface area contributed by atoms with E-state index in [9.17, 15) is 22.4 Å². The van der Waals surface area contributed by atoms with Gasteiger partial charge in [0.2, 0.25) is 0 Å². The molecule has 6 nitrogen and oxygen atoms in total. The SMILES string of the molecule is O=C1C(n2cc(C3CCNCC3)nn2)CCc2c(F)cccc2N1CC(F)(F)F. The van der Waals surface area contributed by atoms with Crippen LogP contribution in [0.2, 0.25) is 0 Å². The minimum absolute atomic E-state index is 0.0338. The summed E-state index contributed by atoms with van der Waals surface area (Å²) in [6, 6.07) is 2.90. The molecule has 2 aliphatic rings. The van der Waals surface area contributed by atoms with Gasteiger partial charge in [-0.1, -0.05) is 11.3 Å². The molecule has 4 rings (SSSR count). The molecule has 0 radical (unpaired) electrons. The van der Waals surface area contributed by atoms with Crippen molar-refractivity contribution in [3.8, 4) is 0 Å². The van der Waals surface area contributed by atoms with Crippen molar-refractivity contribution in [3.63, 3.8) is 0 Å². The quantitative estimate of drug-likeness (QED) is 0.789. The Morgan fingerprint density at radius 1 is 1.17 bits per heavy atom. The van der Waals surface area contributed by atoms with Crippen LogP contribution in [0.3, 0.4) is 0 Å². The number of fused-ring (bicyclic) bond motifs is 1. The Morgan fingerprint density at radius 3 is 2.66 bits per heavy atom. The maximum atomic E-state index is 14.3. The van der Waals surface area contributed by atoms with Gasteiger partial charge in [0, 0.05) is 17.7 Å². The van der Waals surface area contributed by atoms with E-state index < -0.39 is 30.5 Å². The lowest BCUT2D eigenvalue weighted by Crippen LogP contribution is -2.42. The van der Waals surface area contributed by atoms with Crippen LogP contribution >= 0.6 is 0 Å². The normalized spacial score (nSPS) is 21.2. The van der Waals surface area contributed by atoms with Crippen molar-refractivity contribution in [2.45, 2.75) is 43.8 Å². The van der Waals surface area contributed by atoms with Gasteiger partial charge in [-0.2, -0.15) is 13.2 Å². The summed E-state index contributed by atoms with van der Waals surface area (Å²) in [5.74, 6) is -1.17. The van der Waals surface area contributed by atoms with Crippen molar-refractivity contribution < 1.29 is 22.4 Å². The fraction of sp³-hybridized carbons (Fsp3) is 0.526. The minimum atomic E-state index is -4.61. The molecule has 3 heterocycles. The molecule has 1 aromatic heterocycles. The van der Waals surface area contributed by atoms with Gasteiger partial charge in [0.25, 0.3) is 5.91 Å². The van der Waals surface area contributed by atoms with Crippen LogP contribution in [0.25, 0.3) is 0 Å². The second kappa shape index (κ2) is 7.74. The third kappa shape index (κ3) is 4.12. The summed E-state index contributed by atoms with van der Waals surface area (Å²) in [5, 5.41) is 11.5. The number of halogens is 4. The van der Waals surface area contributed by atoms with Crippen LogP contribution in [0.1, 0.15) is 42.5 Å². The van der Waals surface area contributed by atoms with Gasteiger partial charge in [-0.3, -0.25) is 4.79 Å². The van der Waals surface area contributed by atoms with Crippen LogP contribution < -0.4 is 10.2 Å². The first-order chi connectivity index (χ1) is 13.8. The first-order valence-corrected chi connectivity index (χ1v) is 9.61. The Hall–Kier alpha value is -2.49. The summed E-state index contributed by atoms with van der Waals surface area (Å²) in [5.41, 5.74) is 0.814. The second-order valence-electron chi connectivity index (χ2n) is 7.48. The molecule has 1 aromatic carbocycles. The summed E-state index contributed by atoms with van der Waals surface area (Å²) in [7, 11) is 0. The van der Waals surface area contributed by atoms with Crippen LogP contribution in [0, 0.1) is 5.82 Å². The van der Waals surface area contributed by atoms with Crippen LogP contribution in [0.15, 0.2) is 24.4 Å². The predicted molar refractivity (Wildman–Crippen MR) is 97.0 cm³/mol. The first-order valence-electron chi connectivity index (χ1n) is 9.61. The molecule has 156 valence electrons. The third-order valence-electron chi connectivity index (χ3n) is 5.55. The number of carbonyl (C=O) groups is 1. The van der Waals surface area contributed by atoms with E-state index in [0.29, 0.717) is 4.90 Å². The fourth-order valence-electron chi connectivity index (χ4n) is 4.09. The Morgan fingerprint density at radius 2 is 1.93 bits per heavy atom. The topological polar surface area (TPSA) is 63.1 Å². The van der Waals surface area contributed by atoms with Gasteiger partial charge in [-0.25, -0.2) is 9.07 Å². The maximum Gasteiger partial charge on any atom is 0.406 e. The Bertz CT molecular complexity index is 891. The highest BCUT2D eigenvalue weighted by Crippen LogP contribution is 2.35. The monoisotopic (exact) mass is 411 g/mol. The highest BCUT2D eigenvalue weighted by atomic mass is 19.4. The van der Waals surface area contributed by atoms with Gasteiger partial charge in [0.1, 0.15) is 18.4 Å². The molecule has 29 heavy (non-hydrogen) atoms. The lowest BCUT2D eigenvalue weighted by molar-refractivity contribution is -0.134. The Balaban J connectivity index is 1.66. The van der Waals surface area contributed by atoms with E-state index in [1.54, 1.807) is 6.20 Å². The smallest absolute Gasteiger partial charge is 0.317 e. The molecule has 0 aliphatic carbocycles. The van der Waals surface area contributed by atoms with E-state index in [1.165, 1.54) is 22.9 Å². The number of piperidine rings is 1. The number of carbonyl (C=O) groups excluding carboxylic acids is 1. The van der Waals surface area contributed by atoms with E-state index >= 15 is 0 Å². The number of anilines is 1. The molecule has 10 heteroatoms. The summed E-state index contributed by atoms with van der Waals surface area (Å²) in [6.07, 6.45) is -0.915. The van der Waals surface area contributed by atoms with Gasteiger partial charge in [-0.05, 0) is 50.9 Å². The molecule has 2 aliphatic heterocycles. The van der Waals surface area contributed by atoms with E-state index in [1.807, 2.05) is 0 Å². The van der Waals surface area contributed by atoms with Crippen molar-refractivity contribution in [2.75, 3.05) is 24.5 Å². The number of amides is 1. The second-order valence-corrected chi connectivity index (χ2v) is 7.48. The maximum absolute atomic E-state index is 14.3. The molecular formula is C19H21F4N5O. The standard InChI is InChI=1S/C19H21F4N5O/c20-14-2-1-3-16-13(14)4-5-17(18(29)27(16)11-19(21,22)23)28-10-15(25-26-28)12-6-8-24-9-7-12/h1-3,10,12,17,24H,4-9,11H2. The minimum Gasteiger partial charge on any atom is -0.317 e. The zero-order valence-corrected chi connectivity index (χ0v) is 15.6. The molecule has 0 spiro atoms. The summed E-state index contributed by atoms with van der Waals surface area (Å²) < 4.78 is 55.2. The number of nitrogens with one attached hydrogen (secondary N) is 1. The van der Waals surface area contributed by atoms with Crippen LogP contribution in [-0.4, -0.2) is 46.7 Å². The largest absolute Gasteiger partial charge is 0.406 e. The van der Waals surface area contributed by atoms with E-state index in [2.05, 4.69) is 15.6 Å². The van der Waals surface area contributed by atoms with Crippen molar-refractivity contribution in [1.29, 1.82) is 0 Å². The van der Waals surface area contributed by atoms with Gasteiger partial charge in [-0.15, -0.1) is 5.10 Å². The number of aromatic nitrogens is 3. The summed E-state index contributed by atoms with van der Waals surface area (Å²) in [4.78, 5) is 13.7. The number of rotatable bonds is 3. The van der Waals surface area contributed by atoms with E-state index in [4.69, 9.17) is 0 Å². The van der Waals surface area contributed by atoms with Crippen LogP contribution in [-0.2, 0) is 11.2 Å². The molecule has 1 N–H and O–H groups in total. The summed E-state index contributed by atoms with van der Waals surface area (Å²) >= 11 is 0. The van der Waals surface area contributed by atoms with Crippen LogP contribution in [0.4, 0.5) is 23.2 Å². The zero-order chi connectivity index (χ0) is 20.6. The van der Waals surface area contributed by atoms with Crippen molar-refractivity contribution >= 4 is 11.6 Å². The highest BCUT2D eigenvalue weighted by molar-refractivity contribution is 5.97. The predicted octanol–water partition coefficient (Wildman–Crippen LogP) is 2.97. The van der Waals surface area contributed by atoms with Crippen LogP contribution in [0.5, 0.6) is 0 Å². The van der Waals surface area contributed by atoms with Crippen molar-refractivity contribution in [3.05, 3.63) is 41.5 Å². The average Bonchev–Trinajstić information content (AvgIpc) is 3.12. The fourth-order valence-corrected chi connectivity index (χ4v) is 4.09. The molecule has 1 unspecified atom stereocenters. The molecule has 1 amide bonds. The van der Waals surface area contributed by atoms with Gasteiger partial charge in [0.15, 0.2) is 0 Å². The molecule has 0 saturated carbocycles. The molecule has 2 aromatic rings. The first kappa shape index (κ1) is 19.8. The zero-order valence-electron chi connectivity index (χ0n) is 15.6. The summed E-state index contributed by atoms with van der Waals surface area (Å²) in [6.45, 7) is 0.232. The van der Waals surface area contributed by atoms with Crippen molar-refractivity contribution in [1.82, 2.24) is 20.3 Å². The third-order valence-corrected chi connectivity index (χ3v) is 5.55. The molecular weight excluding hydrogens is 390 g/mol. The van der Waals surface area contributed by atoms with E-state index in [0.717, 1.165) is 31.6 Å². The lowest BCUT2D eigenvalue weighted by Gasteiger charge is -2.26. The number of nitrogens with zero attached hydrogens (tertiary/aromatic N) is 4. The molecule has 1 atom stereocenters. The molecule has 1 saturated heterocycles. The van der Waals surface area contributed by atoms with E-state index in [-0.39, 0.29) is 30.0 Å². The number of hydrogen-bond donors (Lipinski definition) is 1. The highest BCUT2D eigenvalue weighted by Gasteiger charge is 2.40. The average molecular weight is 411 g/mol. The van der Waals surface area contributed by atoms with Gasteiger partial charge < -0.3 is 10.2 Å². The van der Waals surface area contributed by atoms with Crippen molar-refractivity contribution in [2.24, 2.45) is 0 Å². The van der Waals surface area contributed by atoms with Gasteiger partial charge >= 0.3 is 6.18 Å².